The van der Waals surface area contributed by atoms with E-state index in [9.17, 15) is 8.78 Å². The Bertz CT molecular complexity index is 553. The number of hydrogen-bond donors (Lipinski definition) is 1. The van der Waals surface area contributed by atoms with Crippen LogP contribution in [-0.4, -0.2) is 0 Å². The average Bonchev–Trinajstić information content (AvgIpc) is 2.69. The molecular weight excluding hydrogens is 264 g/mol. The minimum absolute atomic E-state index is 0.115. The maximum absolute atomic E-state index is 13.6. The van der Waals surface area contributed by atoms with Gasteiger partial charge in [-0.3, -0.25) is 0 Å². The molecule has 0 saturated heterocycles. The van der Waals surface area contributed by atoms with Crippen LogP contribution in [0.4, 0.5) is 8.78 Å². The lowest BCUT2D eigenvalue weighted by Gasteiger charge is -2.12. The molecule has 0 aliphatic carbocycles. The van der Waals surface area contributed by atoms with Gasteiger partial charge in [0.2, 0.25) is 0 Å². The third-order valence-electron chi connectivity index (χ3n) is 2.48. The Kier molecular flexibility index (Phi) is 3.47. The predicted molar refractivity (Wildman–Crippen MR) is 66.5 cm³/mol. The molecule has 0 spiro atoms. The van der Waals surface area contributed by atoms with E-state index in [1.807, 2.05) is 18.4 Å². The van der Waals surface area contributed by atoms with E-state index in [0.717, 1.165) is 22.6 Å². The lowest BCUT2D eigenvalue weighted by molar-refractivity contribution is 0.577. The second kappa shape index (κ2) is 4.72. The summed E-state index contributed by atoms with van der Waals surface area (Å²) in [7, 11) is 0. The number of benzene rings is 1. The van der Waals surface area contributed by atoms with Crippen LogP contribution >= 0.6 is 22.9 Å². The lowest BCUT2D eigenvalue weighted by Crippen LogP contribution is -2.13. The van der Waals surface area contributed by atoms with Gasteiger partial charge >= 0.3 is 0 Å². The van der Waals surface area contributed by atoms with Crippen molar-refractivity contribution in [2.24, 2.45) is 5.73 Å². The van der Waals surface area contributed by atoms with E-state index in [1.54, 1.807) is 0 Å². The maximum atomic E-state index is 13.6. The molecule has 0 radical (unpaired) electrons. The van der Waals surface area contributed by atoms with Crippen LogP contribution in [0.5, 0.6) is 0 Å². The fraction of sp³-hybridized carbons (Fsp3) is 0.167. The first-order valence-electron chi connectivity index (χ1n) is 4.94. The molecule has 1 unspecified atom stereocenters. The molecule has 5 heteroatoms. The Labute approximate surface area is 107 Å². The molecule has 17 heavy (non-hydrogen) atoms. The standard InChI is InChI=1S/C12H10ClF2NS/c1-6-2-7(5-17-6)12(16)8-3-11(15)9(13)4-10(8)14/h2-5,12H,16H2,1H3. The summed E-state index contributed by atoms with van der Waals surface area (Å²) >= 11 is 7.01. The molecule has 0 aliphatic heterocycles. The largest absolute Gasteiger partial charge is 0.320 e. The van der Waals surface area contributed by atoms with Crippen LogP contribution < -0.4 is 5.73 Å². The summed E-state index contributed by atoms with van der Waals surface area (Å²) in [6.07, 6.45) is 0. The van der Waals surface area contributed by atoms with E-state index in [0.29, 0.717) is 0 Å². The number of nitrogens with two attached hydrogens (primary N) is 1. The van der Waals surface area contributed by atoms with Crippen LogP contribution in [-0.2, 0) is 0 Å². The van der Waals surface area contributed by atoms with Crippen molar-refractivity contribution < 1.29 is 8.78 Å². The smallest absolute Gasteiger partial charge is 0.142 e. The molecule has 1 aromatic heterocycles. The van der Waals surface area contributed by atoms with Gasteiger partial charge in [0.25, 0.3) is 0 Å². The summed E-state index contributed by atoms with van der Waals surface area (Å²) in [6, 6.07) is 3.19. The quantitative estimate of drug-likeness (QED) is 0.821. The molecule has 90 valence electrons. The van der Waals surface area contributed by atoms with Crippen molar-refractivity contribution in [3.8, 4) is 0 Å². The van der Waals surface area contributed by atoms with Gasteiger partial charge in [-0.2, -0.15) is 0 Å². The van der Waals surface area contributed by atoms with Gasteiger partial charge < -0.3 is 5.73 Å². The van der Waals surface area contributed by atoms with Gasteiger partial charge in [-0.05, 0) is 36.1 Å². The fourth-order valence-electron chi connectivity index (χ4n) is 1.58. The van der Waals surface area contributed by atoms with Gasteiger partial charge in [-0.15, -0.1) is 11.3 Å². The predicted octanol–water partition coefficient (Wildman–Crippen LogP) is 4.04. The molecule has 2 N–H and O–H groups in total. The Morgan fingerprint density at radius 1 is 1.24 bits per heavy atom. The molecule has 0 fully saturated rings. The van der Waals surface area contributed by atoms with Crippen LogP contribution in [0.2, 0.25) is 5.02 Å². The summed E-state index contributed by atoms with van der Waals surface area (Å²) in [5.74, 6) is -1.25. The van der Waals surface area contributed by atoms with Crippen LogP contribution in [0.25, 0.3) is 0 Å². The van der Waals surface area contributed by atoms with Gasteiger partial charge in [0.1, 0.15) is 11.6 Å². The van der Waals surface area contributed by atoms with Gasteiger partial charge in [0.15, 0.2) is 0 Å². The monoisotopic (exact) mass is 273 g/mol. The second-order valence-electron chi connectivity index (χ2n) is 3.76. The lowest BCUT2D eigenvalue weighted by atomic mass is 10.0. The van der Waals surface area contributed by atoms with Crippen molar-refractivity contribution in [1.82, 2.24) is 0 Å². The zero-order valence-corrected chi connectivity index (χ0v) is 10.6. The van der Waals surface area contributed by atoms with E-state index in [1.165, 1.54) is 11.3 Å². The molecule has 1 aromatic carbocycles. The minimum Gasteiger partial charge on any atom is -0.320 e. The molecule has 2 aromatic rings. The summed E-state index contributed by atoms with van der Waals surface area (Å²) < 4.78 is 26.9. The highest BCUT2D eigenvalue weighted by Gasteiger charge is 2.17. The van der Waals surface area contributed by atoms with Crippen molar-refractivity contribution in [3.05, 3.63) is 56.2 Å². The number of rotatable bonds is 2. The summed E-state index contributed by atoms with van der Waals surface area (Å²) in [5, 5.41) is 1.60. The van der Waals surface area contributed by atoms with Gasteiger partial charge in [-0.25, -0.2) is 8.78 Å². The Hall–Kier alpha value is -0.970. The van der Waals surface area contributed by atoms with Crippen LogP contribution in [0.3, 0.4) is 0 Å². The van der Waals surface area contributed by atoms with Crippen molar-refractivity contribution in [3.63, 3.8) is 0 Å². The van der Waals surface area contributed by atoms with Gasteiger partial charge in [0, 0.05) is 10.4 Å². The highest BCUT2D eigenvalue weighted by molar-refractivity contribution is 7.10. The molecule has 0 amide bonds. The van der Waals surface area contributed by atoms with Crippen LogP contribution in [0.15, 0.2) is 23.6 Å². The number of thiophene rings is 1. The molecule has 0 bridgehead atoms. The zero-order chi connectivity index (χ0) is 12.6. The fourth-order valence-corrected chi connectivity index (χ4v) is 2.47. The second-order valence-corrected chi connectivity index (χ2v) is 5.28. The molecule has 2 rings (SSSR count). The Balaban J connectivity index is 2.43. The first-order valence-corrected chi connectivity index (χ1v) is 6.20. The SMILES string of the molecule is Cc1cc(C(N)c2cc(F)c(Cl)cc2F)cs1. The number of aryl methyl sites for hydroxylation is 1. The first-order chi connectivity index (χ1) is 7.99. The zero-order valence-electron chi connectivity index (χ0n) is 9.01. The summed E-state index contributed by atoms with van der Waals surface area (Å²) in [5.41, 5.74) is 6.79. The van der Waals surface area contributed by atoms with E-state index in [4.69, 9.17) is 17.3 Å². The molecule has 1 nitrogen and oxygen atoms in total. The van der Waals surface area contributed by atoms with Crippen molar-refractivity contribution in [2.45, 2.75) is 13.0 Å². The molecule has 0 saturated carbocycles. The normalized spacial score (nSPS) is 12.8. The highest BCUT2D eigenvalue weighted by Crippen LogP contribution is 2.28. The Morgan fingerprint density at radius 3 is 2.53 bits per heavy atom. The van der Waals surface area contributed by atoms with Gasteiger partial charge in [0.05, 0.1) is 11.1 Å². The number of hydrogen-bond acceptors (Lipinski definition) is 2. The number of halogens is 3. The molecule has 1 heterocycles. The molecule has 1 atom stereocenters. The van der Waals surface area contributed by atoms with E-state index in [-0.39, 0.29) is 10.6 Å². The topological polar surface area (TPSA) is 26.0 Å². The molecular formula is C12H10ClF2NS. The summed E-state index contributed by atoms with van der Waals surface area (Å²) in [4.78, 5) is 1.07. The van der Waals surface area contributed by atoms with Crippen LogP contribution in [0.1, 0.15) is 22.0 Å². The van der Waals surface area contributed by atoms with Gasteiger partial charge in [-0.1, -0.05) is 11.6 Å². The van der Waals surface area contributed by atoms with Crippen LogP contribution in [0, 0.1) is 18.6 Å². The average molecular weight is 274 g/mol. The third kappa shape index (κ3) is 2.49. The van der Waals surface area contributed by atoms with Crippen molar-refractivity contribution >= 4 is 22.9 Å². The van der Waals surface area contributed by atoms with E-state index in [2.05, 4.69) is 0 Å². The van der Waals surface area contributed by atoms with Crippen molar-refractivity contribution in [2.75, 3.05) is 0 Å². The third-order valence-corrected chi connectivity index (χ3v) is 3.65. The van der Waals surface area contributed by atoms with Crippen molar-refractivity contribution in [1.29, 1.82) is 0 Å². The van der Waals surface area contributed by atoms with E-state index < -0.39 is 17.7 Å². The highest BCUT2D eigenvalue weighted by atomic mass is 35.5. The summed E-state index contributed by atoms with van der Waals surface area (Å²) in [6.45, 7) is 1.93. The first kappa shape index (κ1) is 12.5. The van der Waals surface area contributed by atoms with E-state index >= 15 is 0 Å². The molecule has 0 aliphatic rings. The Morgan fingerprint density at radius 2 is 1.94 bits per heavy atom. The maximum Gasteiger partial charge on any atom is 0.142 e. The minimum atomic E-state index is -0.674.